The van der Waals surface area contributed by atoms with Crippen LogP contribution in [0.2, 0.25) is 0 Å². The Labute approximate surface area is 149 Å². The van der Waals surface area contributed by atoms with E-state index in [4.69, 9.17) is 0 Å². The Morgan fingerprint density at radius 1 is 0.840 bits per heavy atom. The van der Waals surface area contributed by atoms with Gasteiger partial charge in [-0.1, -0.05) is 18.2 Å². The molecule has 0 bridgehead atoms. The summed E-state index contributed by atoms with van der Waals surface area (Å²) in [5, 5.41) is 0. The number of piperidine rings is 2. The molecule has 3 saturated heterocycles. The number of carbonyl (C=O) groups excluding carboxylic acids is 2. The minimum Gasteiger partial charge on any atom is -0.332 e. The van der Waals surface area contributed by atoms with Crippen LogP contribution in [0.4, 0.5) is 5.69 Å². The number of imide groups is 1. The minimum atomic E-state index is -0.176. The SMILES string of the molecule is O=C1C[C@H]([NH+]2CCC([NH+]3CCCCC3)CC2)C(=O)N1c1ccccc1. The summed E-state index contributed by atoms with van der Waals surface area (Å²) in [5.41, 5.74) is 0.715. The molecule has 1 atom stereocenters. The number of anilines is 1. The second-order valence-corrected chi connectivity index (χ2v) is 7.81. The third-order valence-electron chi connectivity index (χ3n) is 6.35. The molecule has 0 aliphatic carbocycles. The first-order chi connectivity index (χ1) is 12.2. The number of benzene rings is 1. The standard InChI is InChI=1S/C20H27N3O2/c24-19-15-18(20(25)23(19)17-7-3-1-4-8-17)22-13-9-16(10-14-22)21-11-5-2-6-12-21/h1,3-4,7-8,16,18H,2,5-6,9-15H2/p+2/t18-/m0/s1. The molecule has 25 heavy (non-hydrogen) atoms. The summed E-state index contributed by atoms with van der Waals surface area (Å²) in [5.74, 6) is -0.0487. The summed E-state index contributed by atoms with van der Waals surface area (Å²) in [6.45, 7) is 4.70. The lowest BCUT2D eigenvalue weighted by atomic mass is 9.98. The highest BCUT2D eigenvalue weighted by molar-refractivity contribution is 6.21. The Morgan fingerprint density at radius 2 is 1.52 bits per heavy atom. The van der Waals surface area contributed by atoms with Crippen LogP contribution in [0.15, 0.2) is 30.3 Å². The van der Waals surface area contributed by atoms with E-state index in [1.54, 1.807) is 4.90 Å². The molecule has 5 nitrogen and oxygen atoms in total. The van der Waals surface area contributed by atoms with E-state index < -0.39 is 0 Å². The average molecular weight is 343 g/mol. The Morgan fingerprint density at radius 3 is 2.20 bits per heavy atom. The van der Waals surface area contributed by atoms with E-state index in [1.165, 1.54) is 55.0 Å². The fraction of sp³-hybridized carbons (Fsp3) is 0.600. The lowest BCUT2D eigenvalue weighted by Crippen LogP contribution is -3.22. The summed E-state index contributed by atoms with van der Waals surface area (Å²) in [6, 6.07) is 9.95. The van der Waals surface area contributed by atoms with Gasteiger partial charge in [-0.15, -0.1) is 0 Å². The molecule has 0 unspecified atom stereocenters. The quantitative estimate of drug-likeness (QED) is 0.723. The Balaban J connectivity index is 1.38. The Kier molecular flexibility index (Phi) is 4.86. The van der Waals surface area contributed by atoms with Crippen LogP contribution in [-0.2, 0) is 9.59 Å². The van der Waals surface area contributed by atoms with Gasteiger partial charge in [0, 0.05) is 12.8 Å². The summed E-state index contributed by atoms with van der Waals surface area (Å²) in [7, 11) is 0. The van der Waals surface area contributed by atoms with Gasteiger partial charge >= 0.3 is 0 Å². The molecule has 3 aliphatic heterocycles. The lowest BCUT2D eigenvalue weighted by Gasteiger charge is -2.37. The van der Waals surface area contributed by atoms with Gasteiger partial charge in [0.05, 0.1) is 44.3 Å². The third-order valence-corrected chi connectivity index (χ3v) is 6.35. The molecule has 2 N–H and O–H groups in total. The van der Waals surface area contributed by atoms with Crippen LogP contribution in [0.3, 0.4) is 0 Å². The molecule has 3 heterocycles. The highest BCUT2D eigenvalue weighted by Gasteiger charge is 2.47. The molecule has 0 aromatic heterocycles. The number of hydrogen-bond acceptors (Lipinski definition) is 2. The highest BCUT2D eigenvalue weighted by atomic mass is 16.2. The van der Waals surface area contributed by atoms with E-state index in [0.29, 0.717) is 12.1 Å². The predicted molar refractivity (Wildman–Crippen MR) is 95.6 cm³/mol. The van der Waals surface area contributed by atoms with E-state index >= 15 is 0 Å². The van der Waals surface area contributed by atoms with E-state index in [1.807, 2.05) is 30.3 Å². The van der Waals surface area contributed by atoms with Crippen LogP contribution in [-0.4, -0.2) is 50.1 Å². The maximum Gasteiger partial charge on any atom is 0.292 e. The van der Waals surface area contributed by atoms with Crippen LogP contribution in [0.25, 0.3) is 0 Å². The zero-order valence-corrected chi connectivity index (χ0v) is 14.9. The molecule has 0 radical (unpaired) electrons. The number of rotatable bonds is 3. The number of nitrogens with one attached hydrogen (secondary N) is 2. The largest absolute Gasteiger partial charge is 0.332 e. The van der Waals surface area contributed by atoms with E-state index in [0.717, 1.165) is 19.1 Å². The van der Waals surface area contributed by atoms with E-state index in [2.05, 4.69) is 0 Å². The maximum absolute atomic E-state index is 12.9. The molecule has 134 valence electrons. The van der Waals surface area contributed by atoms with Crippen molar-refractivity contribution in [3.05, 3.63) is 30.3 Å². The molecule has 1 aromatic rings. The van der Waals surface area contributed by atoms with Gasteiger partial charge < -0.3 is 9.80 Å². The van der Waals surface area contributed by atoms with Gasteiger partial charge in [-0.05, 0) is 31.4 Å². The zero-order valence-electron chi connectivity index (χ0n) is 14.9. The molecule has 2 amide bonds. The van der Waals surface area contributed by atoms with Crippen molar-refractivity contribution < 1.29 is 19.4 Å². The monoisotopic (exact) mass is 343 g/mol. The number of likely N-dealkylation sites (tertiary alicyclic amines) is 2. The maximum atomic E-state index is 12.9. The second kappa shape index (κ2) is 7.26. The first kappa shape index (κ1) is 16.7. The van der Waals surface area contributed by atoms with E-state index in [-0.39, 0.29) is 17.9 Å². The smallest absolute Gasteiger partial charge is 0.292 e. The fourth-order valence-corrected chi connectivity index (χ4v) is 4.96. The van der Waals surface area contributed by atoms with Gasteiger partial charge in [-0.3, -0.25) is 9.59 Å². The molecule has 4 rings (SSSR count). The molecule has 3 aliphatic rings. The van der Waals surface area contributed by atoms with Crippen molar-refractivity contribution in [2.24, 2.45) is 0 Å². The zero-order chi connectivity index (χ0) is 17.2. The molecule has 1 aromatic carbocycles. The number of quaternary nitrogens is 2. The van der Waals surface area contributed by atoms with Crippen LogP contribution in [0.1, 0.15) is 38.5 Å². The van der Waals surface area contributed by atoms with Crippen molar-refractivity contribution in [3.63, 3.8) is 0 Å². The molecule has 3 fully saturated rings. The van der Waals surface area contributed by atoms with E-state index in [9.17, 15) is 9.59 Å². The highest BCUT2D eigenvalue weighted by Crippen LogP contribution is 2.21. The van der Waals surface area contributed by atoms with Crippen LogP contribution in [0, 0.1) is 0 Å². The first-order valence-corrected chi connectivity index (χ1v) is 9.85. The lowest BCUT2D eigenvalue weighted by molar-refractivity contribution is -0.965. The normalized spacial score (nSPS) is 31.5. The van der Waals surface area contributed by atoms with Crippen molar-refractivity contribution >= 4 is 17.5 Å². The number of nitrogens with zero attached hydrogens (tertiary/aromatic N) is 1. The van der Waals surface area contributed by atoms with Gasteiger partial charge in [0.2, 0.25) is 5.91 Å². The molecular formula is C20H29N3O2+2. The third kappa shape index (κ3) is 3.35. The van der Waals surface area contributed by atoms with Crippen molar-refractivity contribution in [2.45, 2.75) is 50.6 Å². The Hall–Kier alpha value is -1.72. The van der Waals surface area contributed by atoms with Crippen molar-refractivity contribution in [1.82, 2.24) is 0 Å². The van der Waals surface area contributed by atoms with Crippen molar-refractivity contribution in [2.75, 3.05) is 31.1 Å². The van der Waals surface area contributed by atoms with Gasteiger partial charge in [0.15, 0.2) is 6.04 Å². The molecule has 0 spiro atoms. The fourth-order valence-electron chi connectivity index (χ4n) is 4.96. The van der Waals surface area contributed by atoms with Gasteiger partial charge in [-0.25, -0.2) is 4.90 Å². The summed E-state index contributed by atoms with van der Waals surface area (Å²) >= 11 is 0. The van der Waals surface area contributed by atoms with Crippen LogP contribution >= 0.6 is 0 Å². The first-order valence-electron chi connectivity index (χ1n) is 9.85. The second-order valence-electron chi connectivity index (χ2n) is 7.81. The van der Waals surface area contributed by atoms with Crippen molar-refractivity contribution in [1.29, 1.82) is 0 Å². The number of para-hydroxylation sites is 1. The summed E-state index contributed by atoms with van der Waals surface area (Å²) in [4.78, 5) is 29.8. The van der Waals surface area contributed by atoms with Gasteiger partial charge in [-0.2, -0.15) is 0 Å². The predicted octanol–water partition coefficient (Wildman–Crippen LogP) is -0.565. The van der Waals surface area contributed by atoms with Crippen LogP contribution < -0.4 is 14.7 Å². The summed E-state index contributed by atoms with van der Waals surface area (Å²) < 4.78 is 0. The minimum absolute atomic E-state index is 0.00466. The van der Waals surface area contributed by atoms with Crippen molar-refractivity contribution in [3.8, 4) is 0 Å². The number of amides is 2. The molecule has 5 heteroatoms. The summed E-state index contributed by atoms with van der Waals surface area (Å²) in [6.07, 6.45) is 6.86. The molecule has 0 saturated carbocycles. The molecular weight excluding hydrogens is 314 g/mol. The number of hydrogen-bond donors (Lipinski definition) is 2. The topological polar surface area (TPSA) is 46.3 Å². The van der Waals surface area contributed by atoms with Gasteiger partial charge in [0.25, 0.3) is 5.91 Å². The Bertz CT molecular complexity index is 619. The number of carbonyl (C=O) groups is 2. The average Bonchev–Trinajstić information content (AvgIpc) is 2.97. The van der Waals surface area contributed by atoms with Gasteiger partial charge in [0.1, 0.15) is 0 Å². The van der Waals surface area contributed by atoms with Crippen LogP contribution in [0.5, 0.6) is 0 Å².